The van der Waals surface area contributed by atoms with Crippen LogP contribution in [0.2, 0.25) is 18.1 Å². The monoisotopic (exact) mass is 486 g/mol. The molecule has 8 nitrogen and oxygen atoms in total. The van der Waals surface area contributed by atoms with Crippen LogP contribution < -0.4 is 0 Å². The quantitative estimate of drug-likeness (QED) is 0.480. The maximum Gasteiger partial charge on any atom is 0.410 e. The van der Waals surface area contributed by atoms with Crippen LogP contribution in [0.1, 0.15) is 65.1 Å². The van der Waals surface area contributed by atoms with Crippen LogP contribution in [0, 0.1) is 6.92 Å². The molecular formula is C25H38N4O4Si. The van der Waals surface area contributed by atoms with Crippen molar-refractivity contribution in [1.29, 1.82) is 0 Å². The van der Waals surface area contributed by atoms with Crippen molar-refractivity contribution in [2.24, 2.45) is 0 Å². The van der Waals surface area contributed by atoms with Gasteiger partial charge in [0.1, 0.15) is 12.2 Å². The van der Waals surface area contributed by atoms with Gasteiger partial charge in [-0.25, -0.2) is 4.79 Å². The van der Waals surface area contributed by atoms with E-state index in [2.05, 4.69) is 49.0 Å². The maximum absolute atomic E-state index is 12.3. The zero-order chi connectivity index (χ0) is 25.3. The Morgan fingerprint density at radius 1 is 1.18 bits per heavy atom. The highest BCUT2D eigenvalue weighted by atomic mass is 28.4. The van der Waals surface area contributed by atoms with Crippen molar-refractivity contribution in [2.45, 2.75) is 85.2 Å². The Morgan fingerprint density at radius 2 is 1.88 bits per heavy atom. The Balaban J connectivity index is 1.67. The molecule has 0 bridgehead atoms. The van der Waals surface area contributed by atoms with Crippen LogP contribution in [0.25, 0.3) is 17.0 Å². The first kappa shape index (κ1) is 26.1. The minimum atomic E-state index is -1.90. The van der Waals surface area contributed by atoms with Crippen LogP contribution in [0.5, 0.6) is 0 Å². The molecule has 0 aromatic carbocycles. The number of ether oxygens (including phenoxy) is 1. The Bertz CT molecular complexity index is 1060. The van der Waals surface area contributed by atoms with Crippen LogP contribution >= 0.6 is 0 Å². The molecule has 9 heteroatoms. The van der Waals surface area contributed by atoms with E-state index in [1.807, 2.05) is 39.8 Å². The van der Waals surface area contributed by atoms with Gasteiger partial charge in [0.2, 0.25) is 11.8 Å². The molecule has 1 aliphatic rings. The van der Waals surface area contributed by atoms with E-state index in [-0.39, 0.29) is 11.1 Å². The molecular weight excluding hydrogens is 448 g/mol. The van der Waals surface area contributed by atoms with Gasteiger partial charge in [0.25, 0.3) is 0 Å². The van der Waals surface area contributed by atoms with Gasteiger partial charge in [-0.2, -0.15) is 0 Å². The van der Waals surface area contributed by atoms with Crippen LogP contribution in [-0.2, 0) is 15.8 Å². The average molecular weight is 487 g/mol. The predicted molar refractivity (Wildman–Crippen MR) is 135 cm³/mol. The van der Waals surface area contributed by atoms with Gasteiger partial charge in [-0.3, -0.25) is 4.98 Å². The number of amides is 1. The van der Waals surface area contributed by atoms with Crippen LogP contribution in [0.4, 0.5) is 4.79 Å². The fourth-order valence-electron chi connectivity index (χ4n) is 3.29. The van der Waals surface area contributed by atoms with E-state index in [1.54, 1.807) is 11.1 Å². The molecule has 2 aromatic rings. The SMILES string of the molecule is Cc1cc(-c2nnc(CO[Si](C)(C)C(C)(C)C)o2)cnc1C1=CCN(C(=O)OC(C)(C)C)CC1. The molecule has 0 saturated heterocycles. The lowest BCUT2D eigenvalue weighted by Crippen LogP contribution is -2.40. The highest BCUT2D eigenvalue weighted by Crippen LogP contribution is 2.37. The van der Waals surface area contributed by atoms with E-state index in [4.69, 9.17) is 13.6 Å². The van der Waals surface area contributed by atoms with E-state index in [0.717, 1.165) is 28.8 Å². The number of hydrogen-bond donors (Lipinski definition) is 0. The molecule has 0 unspecified atom stereocenters. The third kappa shape index (κ3) is 6.32. The Labute approximate surface area is 203 Å². The summed E-state index contributed by atoms with van der Waals surface area (Å²) in [5.74, 6) is 0.906. The molecule has 3 heterocycles. The number of pyridine rings is 1. The van der Waals surface area contributed by atoms with Gasteiger partial charge in [0.15, 0.2) is 8.32 Å². The predicted octanol–water partition coefficient (Wildman–Crippen LogP) is 5.99. The molecule has 1 amide bonds. The van der Waals surface area contributed by atoms with Crippen LogP contribution in [0.15, 0.2) is 22.8 Å². The summed E-state index contributed by atoms with van der Waals surface area (Å²) in [6, 6.07) is 2.01. The van der Waals surface area contributed by atoms with Gasteiger partial charge in [0.05, 0.1) is 11.3 Å². The van der Waals surface area contributed by atoms with E-state index in [1.165, 1.54) is 0 Å². The summed E-state index contributed by atoms with van der Waals surface area (Å²) in [6.45, 7) is 20.1. The summed E-state index contributed by atoms with van der Waals surface area (Å²) >= 11 is 0. The van der Waals surface area contributed by atoms with Crippen LogP contribution in [-0.4, -0.2) is 53.2 Å². The summed E-state index contributed by atoms with van der Waals surface area (Å²) in [5, 5.41) is 8.47. The molecule has 0 atom stereocenters. The summed E-state index contributed by atoms with van der Waals surface area (Å²) in [6.07, 6.45) is 4.25. The number of rotatable bonds is 5. The summed E-state index contributed by atoms with van der Waals surface area (Å²) in [4.78, 5) is 18.7. The largest absolute Gasteiger partial charge is 0.444 e. The number of aromatic nitrogens is 3. The van der Waals surface area contributed by atoms with Gasteiger partial charge < -0.3 is 18.5 Å². The molecule has 3 rings (SSSR count). The molecule has 186 valence electrons. The van der Waals surface area contributed by atoms with Gasteiger partial charge in [-0.05, 0) is 69.5 Å². The lowest BCUT2D eigenvalue weighted by Gasteiger charge is -2.35. The Morgan fingerprint density at radius 3 is 2.44 bits per heavy atom. The highest BCUT2D eigenvalue weighted by Gasteiger charge is 2.37. The first-order valence-corrected chi connectivity index (χ1v) is 14.7. The number of carbonyl (C=O) groups is 1. The summed E-state index contributed by atoms with van der Waals surface area (Å²) < 4.78 is 17.5. The number of nitrogens with zero attached hydrogens (tertiary/aromatic N) is 4. The molecule has 1 aliphatic heterocycles. The molecule has 0 spiro atoms. The van der Waals surface area contributed by atoms with E-state index in [9.17, 15) is 4.79 Å². The molecule has 0 fully saturated rings. The maximum atomic E-state index is 12.3. The molecule has 0 saturated carbocycles. The van der Waals surface area contributed by atoms with E-state index >= 15 is 0 Å². The molecule has 2 aromatic heterocycles. The smallest absolute Gasteiger partial charge is 0.410 e. The molecule has 0 aliphatic carbocycles. The van der Waals surface area contributed by atoms with Crippen molar-refractivity contribution in [3.63, 3.8) is 0 Å². The van der Waals surface area contributed by atoms with Crippen molar-refractivity contribution in [2.75, 3.05) is 13.1 Å². The first-order chi connectivity index (χ1) is 15.7. The minimum absolute atomic E-state index is 0.116. The zero-order valence-electron chi connectivity index (χ0n) is 22.0. The van der Waals surface area contributed by atoms with Gasteiger partial charge in [-0.15, -0.1) is 10.2 Å². The van der Waals surface area contributed by atoms with Crippen molar-refractivity contribution < 1.29 is 18.4 Å². The lowest BCUT2D eigenvalue weighted by atomic mass is 10.00. The Kier molecular flexibility index (Phi) is 7.38. The van der Waals surface area contributed by atoms with Gasteiger partial charge >= 0.3 is 6.09 Å². The van der Waals surface area contributed by atoms with Crippen LogP contribution in [0.3, 0.4) is 0 Å². The van der Waals surface area contributed by atoms with Crippen molar-refractivity contribution in [1.82, 2.24) is 20.1 Å². The van der Waals surface area contributed by atoms with Crippen molar-refractivity contribution in [3.8, 4) is 11.5 Å². The third-order valence-electron chi connectivity index (χ3n) is 6.32. The lowest BCUT2D eigenvalue weighted by molar-refractivity contribution is 0.0270. The average Bonchev–Trinajstić information content (AvgIpc) is 3.19. The number of hydrogen-bond acceptors (Lipinski definition) is 7. The fourth-order valence-corrected chi connectivity index (χ4v) is 4.21. The number of aryl methyl sites for hydroxylation is 1. The van der Waals surface area contributed by atoms with Crippen molar-refractivity contribution in [3.05, 3.63) is 35.5 Å². The molecule has 0 radical (unpaired) electrons. The normalized spacial score (nSPS) is 15.3. The Hall–Kier alpha value is -2.52. The highest BCUT2D eigenvalue weighted by molar-refractivity contribution is 6.74. The van der Waals surface area contributed by atoms with Crippen molar-refractivity contribution >= 4 is 20.0 Å². The topological polar surface area (TPSA) is 90.6 Å². The molecule has 34 heavy (non-hydrogen) atoms. The van der Waals surface area contributed by atoms with E-state index < -0.39 is 13.9 Å². The van der Waals surface area contributed by atoms with E-state index in [0.29, 0.717) is 31.5 Å². The second-order valence-electron chi connectivity index (χ2n) is 11.3. The second kappa shape index (κ2) is 9.62. The van der Waals surface area contributed by atoms with Gasteiger partial charge in [0, 0.05) is 19.3 Å². The third-order valence-corrected chi connectivity index (χ3v) is 10.8. The fraction of sp³-hybridized carbons (Fsp3) is 0.600. The number of carbonyl (C=O) groups excluding carboxylic acids is 1. The molecule has 0 N–H and O–H groups in total. The minimum Gasteiger partial charge on any atom is -0.444 e. The van der Waals surface area contributed by atoms with Gasteiger partial charge in [-0.1, -0.05) is 26.8 Å². The summed E-state index contributed by atoms with van der Waals surface area (Å²) in [7, 11) is -1.90. The second-order valence-corrected chi connectivity index (χ2v) is 16.2. The standard InChI is InChI=1S/C25H38N4O4Si/c1-17-14-19(22-28-27-20(32-22)16-31-34(8,9)25(5,6)7)15-26-21(17)18-10-12-29(13-11-18)23(30)33-24(2,3)4/h10,14-15H,11-13,16H2,1-9H3. The first-order valence-electron chi connectivity index (χ1n) is 11.8. The zero-order valence-corrected chi connectivity index (χ0v) is 23.0. The summed E-state index contributed by atoms with van der Waals surface area (Å²) in [5.41, 5.74) is 3.35.